The maximum atomic E-state index is 12.3. The summed E-state index contributed by atoms with van der Waals surface area (Å²) in [6.07, 6.45) is 2.69. The molecule has 0 aliphatic carbocycles. The summed E-state index contributed by atoms with van der Waals surface area (Å²) in [5.74, 6) is 0.152. The zero-order valence-corrected chi connectivity index (χ0v) is 18.3. The van der Waals surface area contributed by atoms with Crippen LogP contribution in [-0.4, -0.2) is 54.3 Å². The Hall–Kier alpha value is -2.01. The van der Waals surface area contributed by atoms with Crippen LogP contribution in [0.25, 0.3) is 0 Å². The molecule has 7 nitrogen and oxygen atoms in total. The Morgan fingerprint density at radius 1 is 1.15 bits per heavy atom. The molecule has 0 radical (unpaired) electrons. The monoisotopic (exact) mass is 499 g/mol. The molecule has 1 aliphatic rings. The maximum absolute atomic E-state index is 12.3. The number of aliphatic imine (C=N–C) groups is 1. The summed E-state index contributed by atoms with van der Waals surface area (Å²) >= 11 is 1.68. The highest BCUT2D eigenvalue weighted by molar-refractivity contribution is 14.0. The third-order valence-electron chi connectivity index (χ3n) is 4.03. The molecule has 1 aromatic carbocycles. The highest BCUT2D eigenvalue weighted by Crippen LogP contribution is 2.21. The lowest BCUT2D eigenvalue weighted by Gasteiger charge is -2.16. The van der Waals surface area contributed by atoms with E-state index in [2.05, 4.69) is 20.6 Å². The first kappa shape index (κ1) is 21.3. The molecule has 1 aromatic heterocycles. The standard InChI is InChI=1S/C18H21N5O2S.HI/c1-12-11-22-15(26-12)7-8-20-18(19-2)21-9-10-23-16(24)13-5-3-4-6-14(13)17(23)25;/h3-6,11H,7-10H2,1-2H3,(H2,19,20,21);1H. The average molecular weight is 499 g/mol. The van der Waals surface area contributed by atoms with Crippen molar-refractivity contribution in [3.63, 3.8) is 0 Å². The molecule has 27 heavy (non-hydrogen) atoms. The van der Waals surface area contributed by atoms with Crippen molar-refractivity contribution in [1.29, 1.82) is 0 Å². The second-order valence-electron chi connectivity index (χ2n) is 5.85. The molecular formula is C18H22IN5O2S. The van der Waals surface area contributed by atoms with E-state index in [0.29, 0.717) is 36.7 Å². The minimum absolute atomic E-state index is 0. The molecular weight excluding hydrogens is 477 g/mol. The quantitative estimate of drug-likeness (QED) is 0.275. The number of thiazole rings is 1. The Kier molecular flexibility index (Phi) is 7.72. The zero-order chi connectivity index (χ0) is 18.5. The molecule has 0 unspecified atom stereocenters. The zero-order valence-electron chi connectivity index (χ0n) is 15.2. The summed E-state index contributed by atoms with van der Waals surface area (Å²) in [7, 11) is 1.69. The minimum atomic E-state index is -0.241. The van der Waals surface area contributed by atoms with Crippen LogP contribution in [0.1, 0.15) is 30.6 Å². The highest BCUT2D eigenvalue weighted by Gasteiger charge is 2.34. The lowest BCUT2D eigenvalue weighted by Crippen LogP contribution is -2.43. The fraction of sp³-hybridized carbons (Fsp3) is 0.333. The largest absolute Gasteiger partial charge is 0.356 e. The van der Waals surface area contributed by atoms with Crippen molar-refractivity contribution in [2.75, 3.05) is 26.7 Å². The van der Waals surface area contributed by atoms with E-state index in [1.165, 1.54) is 9.78 Å². The van der Waals surface area contributed by atoms with Gasteiger partial charge in [-0.2, -0.15) is 0 Å². The van der Waals surface area contributed by atoms with Gasteiger partial charge in [-0.3, -0.25) is 19.5 Å². The molecule has 9 heteroatoms. The van der Waals surface area contributed by atoms with Crippen molar-refractivity contribution >= 4 is 53.1 Å². The molecule has 0 fully saturated rings. The fourth-order valence-electron chi connectivity index (χ4n) is 2.75. The van der Waals surface area contributed by atoms with Crippen molar-refractivity contribution < 1.29 is 9.59 Å². The summed E-state index contributed by atoms with van der Waals surface area (Å²) in [6.45, 7) is 3.47. The van der Waals surface area contributed by atoms with Crippen molar-refractivity contribution in [1.82, 2.24) is 20.5 Å². The van der Waals surface area contributed by atoms with Gasteiger partial charge in [-0.25, -0.2) is 4.98 Å². The van der Waals surface area contributed by atoms with Gasteiger partial charge in [0.2, 0.25) is 0 Å². The molecule has 0 atom stereocenters. The molecule has 2 N–H and O–H groups in total. The van der Waals surface area contributed by atoms with Crippen molar-refractivity contribution in [2.45, 2.75) is 13.3 Å². The van der Waals surface area contributed by atoms with Gasteiger partial charge in [0.15, 0.2) is 5.96 Å². The summed E-state index contributed by atoms with van der Waals surface area (Å²) < 4.78 is 0. The van der Waals surface area contributed by atoms with Crippen LogP contribution < -0.4 is 10.6 Å². The van der Waals surface area contributed by atoms with Crippen molar-refractivity contribution in [2.24, 2.45) is 4.99 Å². The number of fused-ring (bicyclic) bond motifs is 1. The van der Waals surface area contributed by atoms with Gasteiger partial charge in [0.1, 0.15) is 0 Å². The fourth-order valence-corrected chi connectivity index (χ4v) is 3.54. The normalized spacial score (nSPS) is 13.4. The topological polar surface area (TPSA) is 86.7 Å². The average Bonchev–Trinajstić information content (AvgIpc) is 3.17. The number of halogens is 1. The Labute approximate surface area is 179 Å². The molecule has 1 aliphatic heterocycles. The number of rotatable bonds is 6. The number of amides is 2. The van der Waals surface area contributed by atoms with E-state index in [1.54, 1.807) is 42.6 Å². The number of hydrogen-bond donors (Lipinski definition) is 2. The molecule has 2 aromatic rings. The van der Waals surface area contributed by atoms with E-state index in [9.17, 15) is 9.59 Å². The van der Waals surface area contributed by atoms with E-state index in [-0.39, 0.29) is 35.8 Å². The van der Waals surface area contributed by atoms with E-state index in [1.807, 2.05) is 13.1 Å². The van der Waals surface area contributed by atoms with Crippen LogP contribution in [0.5, 0.6) is 0 Å². The van der Waals surface area contributed by atoms with Crippen LogP contribution in [0.15, 0.2) is 35.5 Å². The lowest BCUT2D eigenvalue weighted by atomic mass is 10.1. The summed E-state index contributed by atoms with van der Waals surface area (Å²) in [5, 5.41) is 7.42. The van der Waals surface area contributed by atoms with Crippen LogP contribution in [-0.2, 0) is 6.42 Å². The molecule has 0 saturated heterocycles. The Bertz CT molecular complexity index is 817. The molecule has 2 heterocycles. The first-order valence-electron chi connectivity index (χ1n) is 8.41. The maximum Gasteiger partial charge on any atom is 0.261 e. The number of benzene rings is 1. The van der Waals surface area contributed by atoms with E-state index >= 15 is 0 Å². The molecule has 0 spiro atoms. The molecule has 2 amide bonds. The predicted octanol–water partition coefficient (Wildman–Crippen LogP) is 2.07. The highest BCUT2D eigenvalue weighted by atomic mass is 127. The molecule has 144 valence electrons. The third-order valence-corrected chi connectivity index (χ3v) is 5.00. The number of aromatic nitrogens is 1. The van der Waals surface area contributed by atoms with Gasteiger partial charge in [-0.05, 0) is 19.1 Å². The van der Waals surface area contributed by atoms with E-state index < -0.39 is 0 Å². The number of hydrogen-bond acceptors (Lipinski definition) is 5. The summed E-state index contributed by atoms with van der Waals surface area (Å²) in [4.78, 5) is 35.6. The smallest absolute Gasteiger partial charge is 0.261 e. The molecule has 3 rings (SSSR count). The van der Waals surface area contributed by atoms with Crippen LogP contribution in [0, 0.1) is 6.92 Å². The number of aryl methyl sites for hydroxylation is 1. The van der Waals surface area contributed by atoms with Gasteiger partial charge in [-0.1, -0.05) is 12.1 Å². The van der Waals surface area contributed by atoms with Gasteiger partial charge < -0.3 is 10.6 Å². The second-order valence-corrected chi connectivity index (χ2v) is 7.17. The van der Waals surface area contributed by atoms with Crippen LogP contribution >= 0.6 is 35.3 Å². The third kappa shape index (κ3) is 5.04. The predicted molar refractivity (Wildman–Crippen MR) is 117 cm³/mol. The van der Waals surface area contributed by atoms with Gasteiger partial charge in [-0.15, -0.1) is 35.3 Å². The lowest BCUT2D eigenvalue weighted by molar-refractivity contribution is 0.0657. The van der Waals surface area contributed by atoms with Crippen molar-refractivity contribution in [3.05, 3.63) is 51.5 Å². The number of guanidine groups is 1. The van der Waals surface area contributed by atoms with Gasteiger partial charge >= 0.3 is 0 Å². The molecule has 0 bridgehead atoms. The van der Waals surface area contributed by atoms with Gasteiger partial charge in [0.25, 0.3) is 11.8 Å². The Balaban J connectivity index is 0.00000261. The number of nitrogens with one attached hydrogen (secondary N) is 2. The van der Waals surface area contributed by atoms with Crippen molar-refractivity contribution in [3.8, 4) is 0 Å². The Morgan fingerprint density at radius 2 is 1.78 bits per heavy atom. The van der Waals surface area contributed by atoms with Crippen LogP contribution in [0.2, 0.25) is 0 Å². The van der Waals surface area contributed by atoms with Gasteiger partial charge in [0.05, 0.1) is 16.1 Å². The van der Waals surface area contributed by atoms with E-state index in [0.717, 1.165) is 11.4 Å². The first-order valence-corrected chi connectivity index (χ1v) is 9.23. The molecule has 0 saturated carbocycles. The summed E-state index contributed by atoms with van der Waals surface area (Å²) in [6, 6.07) is 6.90. The minimum Gasteiger partial charge on any atom is -0.356 e. The second kappa shape index (κ2) is 9.79. The number of carbonyl (C=O) groups excluding carboxylic acids is 2. The van der Waals surface area contributed by atoms with Gasteiger partial charge in [0, 0.05) is 44.2 Å². The summed E-state index contributed by atoms with van der Waals surface area (Å²) in [5.41, 5.74) is 0.942. The SMILES string of the molecule is CN=C(NCCc1ncc(C)s1)NCCN1C(=O)c2ccccc2C1=O.I. The van der Waals surface area contributed by atoms with Crippen LogP contribution in [0.3, 0.4) is 0 Å². The first-order chi connectivity index (χ1) is 12.6. The number of carbonyl (C=O) groups is 2. The Morgan fingerprint density at radius 3 is 2.33 bits per heavy atom. The number of nitrogens with zero attached hydrogens (tertiary/aromatic N) is 3. The number of imide groups is 1. The van der Waals surface area contributed by atoms with Crippen LogP contribution in [0.4, 0.5) is 0 Å². The van der Waals surface area contributed by atoms with E-state index in [4.69, 9.17) is 0 Å².